The Kier molecular flexibility index (Phi) is 7.29. The van der Waals surface area contributed by atoms with Gasteiger partial charge in [0, 0.05) is 6.07 Å². The second-order valence-electron chi connectivity index (χ2n) is 8.72. The smallest absolute Gasteiger partial charge is 0.343 e. The Morgan fingerprint density at radius 1 is 0.857 bits per heavy atom. The van der Waals surface area contributed by atoms with E-state index < -0.39 is 15.8 Å². The summed E-state index contributed by atoms with van der Waals surface area (Å²) in [6.45, 7) is 6.25. The number of hydrogen-bond donors (Lipinski definition) is 0. The lowest BCUT2D eigenvalue weighted by Gasteiger charge is -2.19. The van der Waals surface area contributed by atoms with Crippen LogP contribution in [0.4, 0.5) is 11.4 Å². The van der Waals surface area contributed by atoms with Crippen LogP contribution in [-0.2, 0) is 5.41 Å². The summed E-state index contributed by atoms with van der Waals surface area (Å²) in [5, 5.41) is 22.2. The van der Waals surface area contributed by atoms with Crippen LogP contribution in [0, 0.1) is 20.2 Å². The first-order chi connectivity index (χ1) is 16.5. The Morgan fingerprint density at radius 3 is 2.11 bits per heavy atom. The highest BCUT2D eigenvalue weighted by atomic mass is 16.6. The van der Waals surface area contributed by atoms with Crippen molar-refractivity contribution in [3.63, 3.8) is 0 Å². The molecule has 0 aliphatic heterocycles. The first-order valence-electron chi connectivity index (χ1n) is 10.6. The molecule has 0 aromatic heterocycles. The topological polar surface area (TPSA) is 122 Å². The van der Waals surface area contributed by atoms with Crippen LogP contribution in [0.2, 0.25) is 0 Å². The SMILES string of the molecule is COc1cc(/C=C/c2ccc([N+](=O)[O-])cc2[N+](=O)[O-])ccc1OC(=O)c1ccc(C(C)(C)C)cc1. The molecule has 0 saturated heterocycles. The summed E-state index contributed by atoms with van der Waals surface area (Å²) in [7, 11) is 1.43. The van der Waals surface area contributed by atoms with Gasteiger partial charge in [0.15, 0.2) is 11.5 Å². The number of carbonyl (C=O) groups excluding carboxylic acids is 1. The quantitative estimate of drug-likeness (QED) is 0.131. The molecule has 0 unspecified atom stereocenters. The maximum atomic E-state index is 12.6. The maximum Gasteiger partial charge on any atom is 0.343 e. The number of ether oxygens (including phenoxy) is 2. The molecule has 35 heavy (non-hydrogen) atoms. The molecule has 9 heteroatoms. The molecule has 9 nitrogen and oxygen atoms in total. The third-order valence-electron chi connectivity index (χ3n) is 5.25. The van der Waals surface area contributed by atoms with E-state index in [1.807, 2.05) is 12.1 Å². The van der Waals surface area contributed by atoms with Crippen LogP contribution >= 0.6 is 0 Å². The third kappa shape index (κ3) is 6.08. The van der Waals surface area contributed by atoms with Crippen LogP contribution in [0.1, 0.15) is 47.8 Å². The Labute approximate surface area is 201 Å². The number of nitrogens with zero attached hydrogens (tertiary/aromatic N) is 2. The van der Waals surface area contributed by atoms with E-state index in [9.17, 15) is 25.0 Å². The van der Waals surface area contributed by atoms with Crippen LogP contribution in [0.5, 0.6) is 11.5 Å². The molecule has 0 N–H and O–H groups in total. The highest BCUT2D eigenvalue weighted by Gasteiger charge is 2.18. The van der Waals surface area contributed by atoms with Crippen LogP contribution in [0.3, 0.4) is 0 Å². The van der Waals surface area contributed by atoms with Crippen molar-refractivity contribution in [3.05, 3.63) is 103 Å². The maximum absolute atomic E-state index is 12.6. The molecule has 0 saturated carbocycles. The Hall–Kier alpha value is -4.53. The van der Waals surface area contributed by atoms with Crippen molar-refractivity contribution in [1.29, 1.82) is 0 Å². The van der Waals surface area contributed by atoms with Gasteiger partial charge in [-0.05, 0) is 52.9 Å². The number of nitro benzene ring substituents is 2. The molecule has 0 amide bonds. The van der Waals surface area contributed by atoms with Crippen molar-refractivity contribution in [1.82, 2.24) is 0 Å². The van der Waals surface area contributed by atoms with Crippen molar-refractivity contribution in [2.45, 2.75) is 26.2 Å². The highest BCUT2D eigenvalue weighted by molar-refractivity contribution is 5.91. The van der Waals surface area contributed by atoms with Gasteiger partial charge in [0.1, 0.15) is 0 Å². The van der Waals surface area contributed by atoms with E-state index in [4.69, 9.17) is 9.47 Å². The number of carbonyl (C=O) groups is 1. The standard InChI is InChI=1S/C26H24N2O7/c1-26(2,3)20-11-8-19(9-12-20)25(29)35-23-14-6-17(15-24(23)34-4)5-7-18-10-13-21(27(30)31)16-22(18)28(32)33/h5-16H,1-4H3/b7-5+. The second kappa shape index (κ2) is 10.2. The fourth-order valence-corrected chi connectivity index (χ4v) is 3.27. The van der Waals surface area contributed by atoms with Crippen LogP contribution < -0.4 is 9.47 Å². The van der Waals surface area contributed by atoms with Gasteiger partial charge in [0.25, 0.3) is 11.4 Å². The summed E-state index contributed by atoms with van der Waals surface area (Å²) in [6.07, 6.45) is 3.06. The van der Waals surface area contributed by atoms with Crippen LogP contribution in [-0.4, -0.2) is 22.9 Å². The summed E-state index contributed by atoms with van der Waals surface area (Å²) in [6, 6.07) is 15.4. The van der Waals surface area contributed by atoms with E-state index in [1.54, 1.807) is 36.4 Å². The van der Waals surface area contributed by atoms with Crippen molar-refractivity contribution >= 4 is 29.5 Å². The second-order valence-corrected chi connectivity index (χ2v) is 8.72. The lowest BCUT2D eigenvalue weighted by Crippen LogP contribution is -2.13. The Morgan fingerprint density at radius 2 is 1.54 bits per heavy atom. The normalized spacial score (nSPS) is 11.3. The Bertz CT molecular complexity index is 1310. The fraction of sp³-hybridized carbons (Fsp3) is 0.192. The molecule has 0 spiro atoms. The van der Waals surface area contributed by atoms with E-state index >= 15 is 0 Å². The van der Waals surface area contributed by atoms with Crippen molar-refractivity contribution in [2.75, 3.05) is 7.11 Å². The summed E-state index contributed by atoms with van der Waals surface area (Å²) >= 11 is 0. The molecule has 3 aromatic carbocycles. The van der Waals surface area contributed by atoms with Gasteiger partial charge in [-0.3, -0.25) is 20.2 Å². The van der Waals surface area contributed by atoms with Gasteiger partial charge in [0.05, 0.1) is 34.1 Å². The number of nitro groups is 2. The molecular weight excluding hydrogens is 452 g/mol. The monoisotopic (exact) mass is 476 g/mol. The molecule has 0 bridgehead atoms. The van der Waals surface area contributed by atoms with E-state index in [1.165, 1.54) is 25.3 Å². The zero-order valence-corrected chi connectivity index (χ0v) is 19.7. The van der Waals surface area contributed by atoms with E-state index in [0.717, 1.165) is 11.6 Å². The first-order valence-corrected chi connectivity index (χ1v) is 10.6. The van der Waals surface area contributed by atoms with Gasteiger partial charge in [0.2, 0.25) is 0 Å². The van der Waals surface area contributed by atoms with Gasteiger partial charge >= 0.3 is 5.97 Å². The molecule has 0 atom stereocenters. The van der Waals surface area contributed by atoms with E-state index in [0.29, 0.717) is 16.9 Å². The van der Waals surface area contributed by atoms with Gasteiger partial charge in [-0.15, -0.1) is 0 Å². The number of methoxy groups -OCH3 is 1. The lowest BCUT2D eigenvalue weighted by molar-refractivity contribution is -0.394. The van der Waals surface area contributed by atoms with E-state index in [2.05, 4.69) is 20.8 Å². The van der Waals surface area contributed by atoms with Gasteiger partial charge in [-0.2, -0.15) is 0 Å². The number of esters is 1. The molecular formula is C26H24N2O7. The molecule has 0 fully saturated rings. The predicted octanol–water partition coefficient (Wildman–Crippen LogP) is 6.20. The average Bonchev–Trinajstić information content (AvgIpc) is 2.82. The minimum Gasteiger partial charge on any atom is -0.493 e. The minimum atomic E-state index is -0.690. The number of hydrogen-bond acceptors (Lipinski definition) is 7. The third-order valence-corrected chi connectivity index (χ3v) is 5.25. The van der Waals surface area contributed by atoms with Gasteiger partial charge in [-0.25, -0.2) is 4.79 Å². The molecule has 3 aromatic rings. The number of non-ortho nitro benzene ring substituents is 1. The van der Waals surface area contributed by atoms with Gasteiger partial charge in [-0.1, -0.05) is 45.0 Å². The number of benzene rings is 3. The highest BCUT2D eigenvalue weighted by Crippen LogP contribution is 2.31. The number of rotatable bonds is 7. The molecule has 180 valence electrons. The van der Waals surface area contributed by atoms with Crippen molar-refractivity contribution in [3.8, 4) is 11.5 Å². The van der Waals surface area contributed by atoms with Crippen LogP contribution in [0.15, 0.2) is 60.7 Å². The zero-order chi connectivity index (χ0) is 25.8. The minimum absolute atomic E-state index is 0.0378. The molecule has 0 aliphatic rings. The van der Waals surface area contributed by atoms with Crippen LogP contribution in [0.25, 0.3) is 12.2 Å². The molecule has 0 radical (unpaired) electrons. The van der Waals surface area contributed by atoms with E-state index in [-0.39, 0.29) is 28.1 Å². The summed E-state index contributed by atoms with van der Waals surface area (Å²) in [5.74, 6) is -0.0190. The lowest BCUT2D eigenvalue weighted by atomic mass is 9.87. The average molecular weight is 476 g/mol. The summed E-state index contributed by atoms with van der Waals surface area (Å²) in [4.78, 5) is 33.5. The first kappa shape index (κ1) is 25.1. The Balaban J connectivity index is 1.81. The van der Waals surface area contributed by atoms with Gasteiger partial charge < -0.3 is 9.47 Å². The molecule has 3 rings (SSSR count). The molecule has 0 heterocycles. The van der Waals surface area contributed by atoms with Crippen molar-refractivity contribution < 1.29 is 24.1 Å². The largest absolute Gasteiger partial charge is 0.493 e. The zero-order valence-electron chi connectivity index (χ0n) is 19.7. The fourth-order valence-electron chi connectivity index (χ4n) is 3.27. The summed E-state index contributed by atoms with van der Waals surface area (Å²) < 4.78 is 10.9. The predicted molar refractivity (Wildman–Crippen MR) is 132 cm³/mol. The van der Waals surface area contributed by atoms with Crippen molar-refractivity contribution in [2.24, 2.45) is 0 Å². The summed E-state index contributed by atoms with van der Waals surface area (Å²) in [5.41, 5.74) is 1.52. The molecule has 0 aliphatic carbocycles.